The maximum absolute atomic E-state index is 11.9. The van der Waals surface area contributed by atoms with Crippen molar-refractivity contribution in [1.82, 2.24) is 0 Å². The Labute approximate surface area is 119 Å². The maximum atomic E-state index is 11.9. The number of hydrogen-bond acceptors (Lipinski definition) is 3. The van der Waals surface area contributed by atoms with Gasteiger partial charge in [0, 0.05) is 16.8 Å². The Hall–Kier alpha value is -2.04. The summed E-state index contributed by atoms with van der Waals surface area (Å²) in [7, 11) is 0. The second kappa shape index (κ2) is 6.41. The van der Waals surface area contributed by atoms with E-state index < -0.39 is 17.4 Å². The van der Waals surface area contributed by atoms with Crippen molar-refractivity contribution in [3.05, 3.63) is 24.3 Å². The van der Waals surface area contributed by atoms with Gasteiger partial charge in [-0.3, -0.25) is 9.59 Å². The van der Waals surface area contributed by atoms with Crippen LogP contribution in [0.5, 0.6) is 0 Å². The summed E-state index contributed by atoms with van der Waals surface area (Å²) in [4.78, 5) is 23.1. The highest BCUT2D eigenvalue weighted by atomic mass is 16.2. The first kappa shape index (κ1) is 16.0. The number of benzene rings is 1. The fraction of sp³-hybridized carbons (Fsp3) is 0.467. The molecule has 0 spiro atoms. The highest BCUT2D eigenvalue weighted by molar-refractivity contribution is 5.95. The molecule has 0 radical (unpaired) electrons. The van der Waals surface area contributed by atoms with Crippen molar-refractivity contribution in [2.24, 2.45) is 11.1 Å². The van der Waals surface area contributed by atoms with Crippen molar-refractivity contribution in [2.45, 2.75) is 40.2 Å². The second-order valence-electron chi connectivity index (χ2n) is 5.79. The molecule has 0 bridgehead atoms. The largest absolute Gasteiger partial charge is 0.374 e. The number of nitrogens with one attached hydrogen (secondary N) is 2. The number of anilines is 2. The molecule has 0 saturated heterocycles. The van der Waals surface area contributed by atoms with E-state index in [1.807, 2.05) is 39.8 Å². The minimum atomic E-state index is -0.456. The number of nitrogens with two attached hydrogens (primary N) is 1. The Morgan fingerprint density at radius 2 is 1.85 bits per heavy atom. The highest BCUT2D eigenvalue weighted by Gasteiger charge is 2.21. The maximum Gasteiger partial charge on any atom is 0.239 e. The number of amides is 2. The van der Waals surface area contributed by atoms with E-state index in [4.69, 9.17) is 5.73 Å². The molecule has 1 rings (SSSR count). The van der Waals surface area contributed by atoms with Gasteiger partial charge in [0.1, 0.15) is 6.04 Å². The van der Waals surface area contributed by atoms with Gasteiger partial charge >= 0.3 is 0 Å². The number of primary amides is 1. The number of hydrogen-bond donors (Lipinski definition) is 3. The van der Waals surface area contributed by atoms with Crippen LogP contribution in [0.4, 0.5) is 11.4 Å². The molecule has 0 aliphatic rings. The molecule has 0 unspecified atom stereocenters. The van der Waals surface area contributed by atoms with Gasteiger partial charge in [0.05, 0.1) is 0 Å². The van der Waals surface area contributed by atoms with Crippen molar-refractivity contribution in [1.29, 1.82) is 0 Å². The molecule has 110 valence electrons. The zero-order valence-electron chi connectivity index (χ0n) is 12.5. The molecule has 0 aliphatic carbocycles. The molecule has 2 amide bonds. The van der Waals surface area contributed by atoms with Gasteiger partial charge in [0.25, 0.3) is 0 Å². The Kier molecular flexibility index (Phi) is 5.13. The van der Waals surface area contributed by atoms with Crippen LogP contribution in [0.15, 0.2) is 24.3 Å². The third-order valence-corrected chi connectivity index (χ3v) is 2.89. The number of carbonyl (C=O) groups is 2. The molecule has 0 saturated carbocycles. The van der Waals surface area contributed by atoms with E-state index in [1.165, 1.54) is 0 Å². The van der Waals surface area contributed by atoms with Crippen molar-refractivity contribution in [2.75, 3.05) is 10.6 Å². The summed E-state index contributed by atoms with van der Waals surface area (Å²) in [6, 6.07) is 6.82. The third-order valence-electron chi connectivity index (χ3n) is 2.89. The predicted octanol–water partition coefficient (Wildman–Crippen LogP) is 2.35. The quantitative estimate of drug-likeness (QED) is 0.772. The molecular formula is C15H23N3O2. The molecule has 0 fully saturated rings. The van der Waals surface area contributed by atoms with Crippen LogP contribution >= 0.6 is 0 Å². The Morgan fingerprint density at radius 1 is 1.25 bits per heavy atom. The first-order valence-electron chi connectivity index (χ1n) is 6.71. The fourth-order valence-electron chi connectivity index (χ4n) is 1.58. The van der Waals surface area contributed by atoms with E-state index >= 15 is 0 Å². The molecule has 1 aromatic rings. The summed E-state index contributed by atoms with van der Waals surface area (Å²) in [5.74, 6) is -0.451. The molecule has 0 aromatic heterocycles. The molecule has 1 aromatic carbocycles. The van der Waals surface area contributed by atoms with Gasteiger partial charge in [-0.05, 0) is 24.6 Å². The van der Waals surface area contributed by atoms with E-state index in [9.17, 15) is 9.59 Å². The Balaban J connectivity index is 2.81. The van der Waals surface area contributed by atoms with Crippen molar-refractivity contribution in [3.8, 4) is 0 Å². The highest BCUT2D eigenvalue weighted by Crippen LogP contribution is 2.20. The summed E-state index contributed by atoms with van der Waals surface area (Å²) in [6.45, 7) is 7.44. The molecular weight excluding hydrogens is 254 g/mol. The van der Waals surface area contributed by atoms with Gasteiger partial charge in [-0.1, -0.05) is 33.8 Å². The summed E-state index contributed by atoms with van der Waals surface area (Å²) < 4.78 is 0. The molecule has 0 heterocycles. The van der Waals surface area contributed by atoms with E-state index in [2.05, 4.69) is 10.6 Å². The van der Waals surface area contributed by atoms with Gasteiger partial charge in [0.2, 0.25) is 11.8 Å². The van der Waals surface area contributed by atoms with Gasteiger partial charge in [-0.25, -0.2) is 0 Å². The first-order valence-corrected chi connectivity index (χ1v) is 6.71. The standard InChI is InChI=1S/C15H23N3O2/c1-5-12(13(16)19)17-10-7-6-8-11(9-10)18-14(20)15(2,3)4/h6-9,12,17H,5H2,1-4H3,(H2,16,19)(H,18,20)/t12-/m0/s1. The summed E-state index contributed by atoms with van der Waals surface area (Å²) in [5.41, 5.74) is 6.29. The average molecular weight is 277 g/mol. The zero-order valence-corrected chi connectivity index (χ0v) is 12.5. The van der Waals surface area contributed by atoms with Crippen LogP contribution in [-0.2, 0) is 9.59 Å². The van der Waals surface area contributed by atoms with Crippen LogP contribution in [0.1, 0.15) is 34.1 Å². The lowest BCUT2D eigenvalue weighted by Gasteiger charge is -2.19. The van der Waals surface area contributed by atoms with E-state index in [-0.39, 0.29) is 5.91 Å². The number of carbonyl (C=O) groups excluding carboxylic acids is 2. The van der Waals surface area contributed by atoms with Crippen LogP contribution in [0.25, 0.3) is 0 Å². The molecule has 4 N–H and O–H groups in total. The Bertz CT molecular complexity index is 492. The lowest BCUT2D eigenvalue weighted by Crippen LogP contribution is -2.34. The molecule has 5 heteroatoms. The predicted molar refractivity (Wildman–Crippen MR) is 81.4 cm³/mol. The van der Waals surface area contributed by atoms with Crippen LogP contribution in [-0.4, -0.2) is 17.9 Å². The van der Waals surface area contributed by atoms with E-state index in [0.717, 1.165) is 5.69 Å². The van der Waals surface area contributed by atoms with Gasteiger partial charge in [0.15, 0.2) is 0 Å². The first-order chi connectivity index (χ1) is 9.24. The average Bonchev–Trinajstić information content (AvgIpc) is 2.34. The lowest BCUT2D eigenvalue weighted by atomic mass is 9.95. The van der Waals surface area contributed by atoms with Gasteiger partial charge in [-0.15, -0.1) is 0 Å². The van der Waals surface area contributed by atoms with E-state index in [1.54, 1.807) is 12.1 Å². The van der Waals surface area contributed by atoms with Crippen LogP contribution in [0, 0.1) is 5.41 Å². The normalized spacial score (nSPS) is 12.6. The Morgan fingerprint density at radius 3 is 2.35 bits per heavy atom. The van der Waals surface area contributed by atoms with Crippen molar-refractivity contribution in [3.63, 3.8) is 0 Å². The molecule has 20 heavy (non-hydrogen) atoms. The molecule has 1 atom stereocenters. The minimum Gasteiger partial charge on any atom is -0.374 e. The monoisotopic (exact) mass is 277 g/mol. The number of rotatable bonds is 5. The van der Waals surface area contributed by atoms with Crippen LogP contribution in [0.3, 0.4) is 0 Å². The third kappa shape index (κ3) is 4.57. The smallest absolute Gasteiger partial charge is 0.239 e. The minimum absolute atomic E-state index is 0.0587. The van der Waals surface area contributed by atoms with Crippen LogP contribution in [0.2, 0.25) is 0 Å². The lowest BCUT2D eigenvalue weighted by molar-refractivity contribution is -0.123. The fourth-order valence-corrected chi connectivity index (χ4v) is 1.58. The topological polar surface area (TPSA) is 84.2 Å². The summed E-state index contributed by atoms with van der Waals surface area (Å²) >= 11 is 0. The summed E-state index contributed by atoms with van der Waals surface area (Å²) in [6.07, 6.45) is 0.605. The second-order valence-corrected chi connectivity index (χ2v) is 5.79. The molecule has 0 aliphatic heterocycles. The SMILES string of the molecule is CC[C@H](Nc1cccc(NC(=O)C(C)(C)C)c1)C(N)=O. The van der Waals surface area contributed by atoms with E-state index in [0.29, 0.717) is 12.1 Å². The van der Waals surface area contributed by atoms with Gasteiger partial charge < -0.3 is 16.4 Å². The van der Waals surface area contributed by atoms with Crippen LogP contribution < -0.4 is 16.4 Å². The van der Waals surface area contributed by atoms with Crippen molar-refractivity contribution < 1.29 is 9.59 Å². The van der Waals surface area contributed by atoms with Gasteiger partial charge in [-0.2, -0.15) is 0 Å². The zero-order chi connectivity index (χ0) is 15.3. The molecule has 5 nitrogen and oxygen atoms in total. The summed E-state index contributed by atoms with van der Waals surface area (Å²) in [5, 5.41) is 5.90. The van der Waals surface area contributed by atoms with Crippen molar-refractivity contribution >= 4 is 23.2 Å².